The largest absolute Gasteiger partial charge is 0.478 e. The van der Waals surface area contributed by atoms with Crippen molar-refractivity contribution in [1.29, 1.82) is 0 Å². The highest BCUT2D eigenvalue weighted by atomic mass is 32.2. The standard InChI is InChI=1S/C13H17NO4S/c1-5-7-10-11(13(15)16)8-14(12(10)6-2)19(17,18)9(3)4/h5-9H,2H2,1,3-4H3,(H,15,16)/b7-5-. The maximum atomic E-state index is 12.2. The number of aromatic nitrogens is 1. The van der Waals surface area contributed by atoms with Crippen LogP contribution in [0.15, 0.2) is 18.9 Å². The molecule has 0 fully saturated rings. The van der Waals surface area contributed by atoms with Gasteiger partial charge in [0.1, 0.15) is 0 Å². The summed E-state index contributed by atoms with van der Waals surface area (Å²) in [5.41, 5.74) is 0.552. The van der Waals surface area contributed by atoms with Crippen LogP contribution in [-0.4, -0.2) is 28.7 Å². The van der Waals surface area contributed by atoms with Gasteiger partial charge >= 0.3 is 5.97 Å². The molecule has 0 bridgehead atoms. The summed E-state index contributed by atoms with van der Waals surface area (Å²) >= 11 is 0. The molecule has 0 aliphatic rings. The van der Waals surface area contributed by atoms with Crippen molar-refractivity contribution < 1.29 is 18.3 Å². The van der Waals surface area contributed by atoms with Gasteiger partial charge in [-0.05, 0) is 26.8 Å². The minimum Gasteiger partial charge on any atom is -0.478 e. The monoisotopic (exact) mass is 283 g/mol. The molecule has 0 aromatic carbocycles. The van der Waals surface area contributed by atoms with E-state index in [1.165, 1.54) is 19.9 Å². The number of rotatable bonds is 5. The molecule has 104 valence electrons. The van der Waals surface area contributed by atoms with Gasteiger partial charge in [-0.3, -0.25) is 0 Å². The van der Waals surface area contributed by atoms with Crippen LogP contribution in [0.3, 0.4) is 0 Å². The minimum atomic E-state index is -3.62. The molecule has 0 radical (unpaired) electrons. The second-order valence-electron chi connectivity index (χ2n) is 4.24. The van der Waals surface area contributed by atoms with Crippen LogP contribution in [0.25, 0.3) is 12.2 Å². The quantitative estimate of drug-likeness (QED) is 0.900. The summed E-state index contributed by atoms with van der Waals surface area (Å²) in [6, 6.07) is 0. The van der Waals surface area contributed by atoms with Crippen molar-refractivity contribution in [2.75, 3.05) is 0 Å². The van der Waals surface area contributed by atoms with Crippen LogP contribution in [0.2, 0.25) is 0 Å². The van der Waals surface area contributed by atoms with Gasteiger partial charge in [-0.1, -0.05) is 18.7 Å². The molecule has 1 rings (SSSR count). The third kappa shape index (κ3) is 2.63. The molecule has 1 heterocycles. The summed E-state index contributed by atoms with van der Waals surface area (Å²) < 4.78 is 25.4. The highest BCUT2D eigenvalue weighted by Crippen LogP contribution is 2.24. The molecule has 0 aliphatic carbocycles. The first-order valence-electron chi connectivity index (χ1n) is 5.75. The summed E-state index contributed by atoms with van der Waals surface area (Å²) in [6.07, 6.45) is 5.69. The Morgan fingerprint density at radius 3 is 2.42 bits per heavy atom. The Hall–Kier alpha value is -1.82. The SMILES string of the molecule is C=Cc1c(/C=C\C)c(C(=O)O)cn1S(=O)(=O)C(C)C. The number of hydrogen-bond acceptors (Lipinski definition) is 3. The maximum Gasteiger partial charge on any atom is 0.337 e. The van der Waals surface area contributed by atoms with Crippen molar-refractivity contribution in [1.82, 2.24) is 3.97 Å². The van der Waals surface area contributed by atoms with Crippen LogP contribution in [0.1, 0.15) is 42.4 Å². The molecule has 0 atom stereocenters. The highest BCUT2D eigenvalue weighted by molar-refractivity contribution is 7.90. The summed E-state index contributed by atoms with van der Waals surface area (Å²) in [4.78, 5) is 11.2. The van der Waals surface area contributed by atoms with E-state index in [-0.39, 0.29) is 11.3 Å². The minimum absolute atomic E-state index is 0.0581. The Morgan fingerprint density at radius 2 is 2.05 bits per heavy atom. The van der Waals surface area contributed by atoms with Crippen LogP contribution in [0.4, 0.5) is 0 Å². The zero-order valence-corrected chi connectivity index (χ0v) is 11.9. The lowest BCUT2D eigenvalue weighted by Crippen LogP contribution is -2.22. The molecular formula is C13H17NO4S. The lowest BCUT2D eigenvalue weighted by atomic mass is 10.1. The van der Waals surface area contributed by atoms with Gasteiger partial charge in [0.25, 0.3) is 0 Å². The number of carboxylic acids is 1. The van der Waals surface area contributed by atoms with E-state index >= 15 is 0 Å². The van der Waals surface area contributed by atoms with Crippen molar-refractivity contribution in [3.05, 3.63) is 35.7 Å². The first-order valence-corrected chi connectivity index (χ1v) is 7.25. The van der Waals surface area contributed by atoms with Gasteiger partial charge in [-0.15, -0.1) is 0 Å². The molecule has 1 aromatic heterocycles. The van der Waals surface area contributed by atoms with Gasteiger partial charge in [0.2, 0.25) is 10.0 Å². The van der Waals surface area contributed by atoms with Crippen LogP contribution in [0.5, 0.6) is 0 Å². The molecule has 1 aromatic rings. The first-order chi connectivity index (χ1) is 8.77. The van der Waals surface area contributed by atoms with E-state index in [1.807, 2.05) is 0 Å². The Morgan fingerprint density at radius 1 is 1.47 bits per heavy atom. The van der Waals surface area contributed by atoms with Gasteiger partial charge < -0.3 is 5.11 Å². The van der Waals surface area contributed by atoms with Crippen molar-refractivity contribution in [3.8, 4) is 0 Å². The Labute approximate surface area is 112 Å². The van der Waals surface area contributed by atoms with Gasteiger partial charge in [-0.2, -0.15) is 0 Å². The summed E-state index contributed by atoms with van der Waals surface area (Å²) in [5.74, 6) is -1.17. The molecule has 5 nitrogen and oxygen atoms in total. The normalized spacial score (nSPS) is 12.2. The van der Waals surface area contributed by atoms with Crippen molar-refractivity contribution >= 4 is 28.1 Å². The Kier molecular flexibility index (Phi) is 4.36. The van der Waals surface area contributed by atoms with Crippen molar-refractivity contribution in [2.24, 2.45) is 0 Å². The summed E-state index contributed by atoms with van der Waals surface area (Å²) in [6.45, 7) is 8.38. The Balaban J connectivity index is 3.74. The molecule has 0 saturated carbocycles. The molecule has 0 spiro atoms. The van der Waals surface area contributed by atoms with Gasteiger partial charge in [-0.25, -0.2) is 17.2 Å². The zero-order valence-electron chi connectivity index (χ0n) is 11.1. The second-order valence-corrected chi connectivity index (χ2v) is 6.61. The fourth-order valence-electron chi connectivity index (χ4n) is 1.66. The fraction of sp³-hybridized carbons (Fsp3) is 0.308. The van der Waals surface area contributed by atoms with E-state index in [2.05, 4.69) is 6.58 Å². The van der Waals surface area contributed by atoms with E-state index in [9.17, 15) is 13.2 Å². The Bertz CT molecular complexity index is 636. The average molecular weight is 283 g/mol. The zero-order chi connectivity index (χ0) is 14.8. The number of nitrogens with zero attached hydrogens (tertiary/aromatic N) is 1. The fourth-order valence-corrected chi connectivity index (χ4v) is 2.82. The smallest absolute Gasteiger partial charge is 0.337 e. The van der Waals surface area contributed by atoms with E-state index in [0.717, 1.165) is 10.2 Å². The van der Waals surface area contributed by atoms with Crippen molar-refractivity contribution in [2.45, 2.75) is 26.0 Å². The summed E-state index contributed by atoms with van der Waals surface area (Å²) in [5, 5.41) is 8.50. The third-order valence-electron chi connectivity index (χ3n) is 2.68. The number of aromatic carboxylic acids is 1. The molecule has 6 heteroatoms. The lowest BCUT2D eigenvalue weighted by molar-refractivity contribution is 0.0697. The number of hydrogen-bond donors (Lipinski definition) is 1. The molecule has 0 amide bonds. The van der Waals surface area contributed by atoms with E-state index < -0.39 is 21.2 Å². The lowest BCUT2D eigenvalue weighted by Gasteiger charge is -2.11. The van der Waals surface area contributed by atoms with E-state index in [4.69, 9.17) is 5.11 Å². The molecule has 1 N–H and O–H groups in total. The first kappa shape index (κ1) is 15.2. The number of carbonyl (C=O) groups is 1. The highest BCUT2D eigenvalue weighted by Gasteiger charge is 2.26. The molecule has 0 saturated heterocycles. The van der Waals surface area contributed by atoms with Gasteiger partial charge in [0, 0.05) is 11.8 Å². The average Bonchev–Trinajstić information content (AvgIpc) is 2.68. The predicted molar refractivity (Wildman–Crippen MR) is 75.6 cm³/mol. The topological polar surface area (TPSA) is 76.4 Å². The molecule has 19 heavy (non-hydrogen) atoms. The van der Waals surface area contributed by atoms with Crippen LogP contribution in [-0.2, 0) is 10.0 Å². The molecular weight excluding hydrogens is 266 g/mol. The predicted octanol–water partition coefficient (Wildman–Crippen LogP) is 2.45. The van der Waals surface area contributed by atoms with E-state index in [0.29, 0.717) is 5.56 Å². The summed E-state index contributed by atoms with van der Waals surface area (Å²) in [7, 11) is -3.62. The van der Waals surface area contributed by atoms with Crippen molar-refractivity contribution in [3.63, 3.8) is 0 Å². The number of allylic oxidation sites excluding steroid dienone is 1. The molecule has 0 aliphatic heterocycles. The van der Waals surface area contributed by atoms with Gasteiger partial charge in [0.05, 0.1) is 16.5 Å². The van der Waals surface area contributed by atoms with Crippen LogP contribution < -0.4 is 0 Å². The van der Waals surface area contributed by atoms with Crippen LogP contribution in [0, 0.1) is 0 Å². The van der Waals surface area contributed by atoms with Crippen LogP contribution >= 0.6 is 0 Å². The number of carboxylic acid groups (broad SMARTS) is 1. The maximum absolute atomic E-state index is 12.2. The van der Waals surface area contributed by atoms with Gasteiger partial charge in [0.15, 0.2) is 0 Å². The third-order valence-corrected chi connectivity index (χ3v) is 4.72. The van der Waals surface area contributed by atoms with E-state index in [1.54, 1.807) is 19.1 Å². The molecule has 0 unspecified atom stereocenters. The second kappa shape index (κ2) is 5.44.